The Labute approximate surface area is 87.3 Å². The minimum atomic E-state index is -0.269. The highest BCUT2D eigenvalue weighted by molar-refractivity contribution is 4.98. The summed E-state index contributed by atoms with van der Waals surface area (Å²) in [4.78, 5) is 2.58. The lowest BCUT2D eigenvalue weighted by Crippen LogP contribution is -2.45. The molecular formula is C12H23NO. The normalized spacial score (nSPS) is 32.1. The molecular weight excluding hydrogens is 174 g/mol. The molecule has 1 N–H and O–H groups in total. The summed E-state index contributed by atoms with van der Waals surface area (Å²) in [7, 11) is 0. The van der Waals surface area contributed by atoms with Gasteiger partial charge in [0, 0.05) is 12.1 Å². The second-order valence-corrected chi connectivity index (χ2v) is 5.41. The van der Waals surface area contributed by atoms with Crippen molar-refractivity contribution in [3.8, 4) is 0 Å². The van der Waals surface area contributed by atoms with E-state index in [1.165, 1.54) is 25.8 Å². The van der Waals surface area contributed by atoms with E-state index in [1.807, 2.05) is 0 Å². The van der Waals surface area contributed by atoms with Crippen molar-refractivity contribution in [2.75, 3.05) is 6.54 Å². The maximum absolute atomic E-state index is 9.95. The van der Waals surface area contributed by atoms with Crippen LogP contribution in [0.25, 0.3) is 0 Å². The molecule has 82 valence electrons. The van der Waals surface area contributed by atoms with Gasteiger partial charge in [-0.3, -0.25) is 4.90 Å². The highest BCUT2D eigenvalue weighted by atomic mass is 16.3. The minimum absolute atomic E-state index is 0.269. The first-order valence-corrected chi connectivity index (χ1v) is 6.09. The molecule has 1 saturated heterocycles. The lowest BCUT2D eigenvalue weighted by atomic mass is 9.94. The first kappa shape index (κ1) is 10.4. The largest absolute Gasteiger partial charge is 0.390 e. The monoisotopic (exact) mass is 197 g/mol. The number of rotatable bonds is 3. The van der Waals surface area contributed by atoms with E-state index in [0.717, 1.165) is 19.3 Å². The van der Waals surface area contributed by atoms with Crippen LogP contribution in [0.15, 0.2) is 0 Å². The first-order chi connectivity index (χ1) is 6.61. The van der Waals surface area contributed by atoms with Crippen molar-refractivity contribution < 1.29 is 5.11 Å². The van der Waals surface area contributed by atoms with Crippen LogP contribution in [0.1, 0.15) is 52.4 Å². The Morgan fingerprint density at radius 1 is 1.36 bits per heavy atom. The van der Waals surface area contributed by atoms with Gasteiger partial charge in [-0.15, -0.1) is 0 Å². The Balaban J connectivity index is 1.92. The van der Waals surface area contributed by atoms with Gasteiger partial charge in [-0.05, 0) is 52.5 Å². The van der Waals surface area contributed by atoms with Crippen molar-refractivity contribution in [2.45, 2.75) is 70.1 Å². The number of likely N-dealkylation sites (tertiary alicyclic amines) is 1. The van der Waals surface area contributed by atoms with Gasteiger partial charge in [0.05, 0.1) is 5.60 Å². The maximum atomic E-state index is 9.95. The number of hydrogen-bond acceptors (Lipinski definition) is 2. The molecule has 0 amide bonds. The zero-order valence-electron chi connectivity index (χ0n) is 9.50. The van der Waals surface area contributed by atoms with Crippen LogP contribution in [-0.2, 0) is 0 Å². The van der Waals surface area contributed by atoms with Crippen molar-refractivity contribution in [1.29, 1.82) is 0 Å². The topological polar surface area (TPSA) is 23.5 Å². The fraction of sp³-hybridized carbons (Fsp3) is 1.00. The third-order valence-corrected chi connectivity index (χ3v) is 3.78. The van der Waals surface area contributed by atoms with Crippen molar-refractivity contribution >= 4 is 0 Å². The molecule has 1 unspecified atom stereocenters. The fourth-order valence-electron chi connectivity index (χ4n) is 2.71. The van der Waals surface area contributed by atoms with Crippen LogP contribution in [0.5, 0.6) is 0 Å². The summed E-state index contributed by atoms with van der Waals surface area (Å²) in [6.07, 6.45) is 7.08. The van der Waals surface area contributed by atoms with Gasteiger partial charge >= 0.3 is 0 Å². The average Bonchev–Trinajstić information content (AvgIpc) is 2.84. The summed E-state index contributed by atoms with van der Waals surface area (Å²) in [5.74, 6) is 0. The molecule has 2 heteroatoms. The summed E-state index contributed by atoms with van der Waals surface area (Å²) in [6.45, 7) is 5.78. The molecule has 1 aliphatic heterocycles. The van der Waals surface area contributed by atoms with Crippen LogP contribution < -0.4 is 0 Å². The number of hydrogen-bond donors (Lipinski definition) is 1. The maximum Gasteiger partial charge on any atom is 0.0664 e. The fourth-order valence-corrected chi connectivity index (χ4v) is 2.71. The summed E-state index contributed by atoms with van der Waals surface area (Å²) < 4.78 is 0. The molecule has 0 aromatic carbocycles. The van der Waals surface area contributed by atoms with Crippen LogP contribution in [-0.4, -0.2) is 34.2 Å². The van der Waals surface area contributed by atoms with E-state index in [0.29, 0.717) is 12.1 Å². The first-order valence-electron chi connectivity index (χ1n) is 6.09. The molecule has 1 heterocycles. The Hall–Kier alpha value is -0.0800. The number of nitrogens with zero attached hydrogens (tertiary/aromatic N) is 1. The van der Waals surface area contributed by atoms with Crippen LogP contribution in [0, 0.1) is 0 Å². The van der Waals surface area contributed by atoms with Crippen molar-refractivity contribution in [3.05, 3.63) is 0 Å². The molecule has 0 radical (unpaired) electrons. The summed E-state index contributed by atoms with van der Waals surface area (Å²) in [6, 6.07) is 1.29. The zero-order chi connectivity index (χ0) is 10.2. The molecule has 1 aliphatic carbocycles. The molecule has 2 rings (SSSR count). The van der Waals surface area contributed by atoms with E-state index in [1.54, 1.807) is 0 Å². The lowest BCUT2D eigenvalue weighted by Gasteiger charge is -2.39. The Morgan fingerprint density at radius 2 is 2.07 bits per heavy atom. The van der Waals surface area contributed by atoms with Gasteiger partial charge in [0.15, 0.2) is 0 Å². The van der Waals surface area contributed by atoms with E-state index in [9.17, 15) is 5.11 Å². The molecule has 0 aromatic heterocycles. The van der Waals surface area contributed by atoms with E-state index >= 15 is 0 Å². The number of aliphatic hydroxyl groups is 1. The van der Waals surface area contributed by atoms with Crippen molar-refractivity contribution in [2.24, 2.45) is 0 Å². The van der Waals surface area contributed by atoms with Crippen LogP contribution in [0.3, 0.4) is 0 Å². The Morgan fingerprint density at radius 3 is 2.64 bits per heavy atom. The SMILES string of the molecule is CC(C)N1CCCCC1CC1(O)CC1. The summed E-state index contributed by atoms with van der Waals surface area (Å²) in [5.41, 5.74) is -0.269. The van der Waals surface area contributed by atoms with Crippen LogP contribution >= 0.6 is 0 Å². The third-order valence-electron chi connectivity index (χ3n) is 3.78. The van der Waals surface area contributed by atoms with E-state index < -0.39 is 0 Å². The minimum Gasteiger partial charge on any atom is -0.390 e. The quantitative estimate of drug-likeness (QED) is 0.749. The smallest absolute Gasteiger partial charge is 0.0664 e. The predicted octanol–water partition coefficient (Wildman–Crippen LogP) is 2.16. The second kappa shape index (κ2) is 3.82. The molecule has 1 saturated carbocycles. The van der Waals surface area contributed by atoms with Gasteiger partial charge in [0.2, 0.25) is 0 Å². The van der Waals surface area contributed by atoms with Gasteiger partial charge in [-0.1, -0.05) is 6.42 Å². The van der Waals surface area contributed by atoms with E-state index in [2.05, 4.69) is 18.7 Å². The molecule has 14 heavy (non-hydrogen) atoms. The zero-order valence-corrected chi connectivity index (χ0v) is 9.50. The molecule has 0 bridgehead atoms. The van der Waals surface area contributed by atoms with Crippen LogP contribution in [0.4, 0.5) is 0 Å². The third kappa shape index (κ3) is 2.29. The standard InChI is InChI=1S/C12H23NO/c1-10(2)13-8-4-3-5-11(13)9-12(14)6-7-12/h10-11,14H,3-9H2,1-2H3. The predicted molar refractivity (Wildman–Crippen MR) is 58.3 cm³/mol. The lowest BCUT2D eigenvalue weighted by molar-refractivity contribution is 0.0480. The van der Waals surface area contributed by atoms with Gasteiger partial charge < -0.3 is 5.11 Å². The molecule has 1 atom stereocenters. The highest BCUT2D eigenvalue weighted by Gasteiger charge is 2.43. The van der Waals surface area contributed by atoms with Crippen molar-refractivity contribution in [1.82, 2.24) is 4.90 Å². The van der Waals surface area contributed by atoms with Gasteiger partial charge in [0.1, 0.15) is 0 Å². The van der Waals surface area contributed by atoms with Crippen molar-refractivity contribution in [3.63, 3.8) is 0 Å². The molecule has 2 fully saturated rings. The van der Waals surface area contributed by atoms with Gasteiger partial charge in [-0.25, -0.2) is 0 Å². The second-order valence-electron chi connectivity index (χ2n) is 5.41. The van der Waals surface area contributed by atoms with Gasteiger partial charge in [-0.2, -0.15) is 0 Å². The summed E-state index contributed by atoms with van der Waals surface area (Å²) >= 11 is 0. The molecule has 0 spiro atoms. The van der Waals surface area contributed by atoms with E-state index in [-0.39, 0.29) is 5.60 Å². The Kier molecular flexibility index (Phi) is 2.85. The van der Waals surface area contributed by atoms with Crippen LogP contribution in [0.2, 0.25) is 0 Å². The number of piperidine rings is 1. The molecule has 2 nitrogen and oxygen atoms in total. The highest BCUT2D eigenvalue weighted by Crippen LogP contribution is 2.41. The van der Waals surface area contributed by atoms with E-state index in [4.69, 9.17) is 0 Å². The molecule has 0 aromatic rings. The Bertz CT molecular complexity index is 198. The summed E-state index contributed by atoms with van der Waals surface area (Å²) in [5, 5.41) is 9.95. The molecule has 2 aliphatic rings. The average molecular weight is 197 g/mol. The van der Waals surface area contributed by atoms with Gasteiger partial charge in [0.25, 0.3) is 0 Å².